The molecule has 1 unspecified atom stereocenters. The van der Waals surface area contributed by atoms with Crippen molar-refractivity contribution < 1.29 is 0 Å². The first kappa shape index (κ1) is 11.7. The Bertz CT molecular complexity index is 546. The first-order valence-corrected chi connectivity index (χ1v) is 6.65. The van der Waals surface area contributed by atoms with Gasteiger partial charge in [-0.3, -0.25) is 4.90 Å². The molecule has 4 heteroatoms. The third kappa shape index (κ3) is 2.02. The van der Waals surface area contributed by atoms with Gasteiger partial charge >= 0.3 is 0 Å². The molecule has 2 N–H and O–H groups in total. The Hall–Kier alpha value is -1.39. The fourth-order valence-corrected chi connectivity index (χ4v) is 2.86. The first-order chi connectivity index (χ1) is 8.78. The predicted octanol–water partition coefficient (Wildman–Crippen LogP) is 1.57. The second kappa shape index (κ2) is 4.71. The number of likely N-dealkylation sites (tertiary alicyclic amines) is 1. The van der Waals surface area contributed by atoms with E-state index < -0.39 is 0 Å². The average molecular weight is 244 g/mol. The summed E-state index contributed by atoms with van der Waals surface area (Å²) < 4.78 is 2.11. The van der Waals surface area contributed by atoms with Crippen molar-refractivity contribution in [1.29, 1.82) is 0 Å². The molecule has 0 saturated carbocycles. The summed E-state index contributed by atoms with van der Waals surface area (Å²) in [4.78, 5) is 7.18. The summed E-state index contributed by atoms with van der Waals surface area (Å²) in [6, 6.07) is 4.70. The number of hydrogen-bond acceptors (Lipinski definition) is 3. The van der Waals surface area contributed by atoms with E-state index >= 15 is 0 Å². The van der Waals surface area contributed by atoms with Crippen LogP contribution in [0.3, 0.4) is 0 Å². The van der Waals surface area contributed by atoms with Crippen LogP contribution in [0.2, 0.25) is 0 Å². The first-order valence-electron chi connectivity index (χ1n) is 6.65. The van der Waals surface area contributed by atoms with E-state index in [0.29, 0.717) is 6.04 Å². The zero-order valence-electron chi connectivity index (χ0n) is 10.8. The monoisotopic (exact) mass is 244 g/mol. The third-order valence-corrected chi connectivity index (χ3v) is 3.86. The topological polar surface area (TPSA) is 46.6 Å². The summed E-state index contributed by atoms with van der Waals surface area (Å²) in [6.07, 6.45) is 6.68. The van der Waals surface area contributed by atoms with Gasteiger partial charge in [-0.25, -0.2) is 4.98 Å². The minimum Gasteiger partial charge on any atom is -0.329 e. The highest BCUT2D eigenvalue weighted by Crippen LogP contribution is 2.19. The van der Waals surface area contributed by atoms with Gasteiger partial charge in [0.1, 0.15) is 5.65 Å². The Labute approximate surface area is 107 Å². The van der Waals surface area contributed by atoms with Crippen LogP contribution in [0.4, 0.5) is 0 Å². The summed E-state index contributed by atoms with van der Waals surface area (Å²) in [7, 11) is 0. The maximum absolute atomic E-state index is 5.81. The van der Waals surface area contributed by atoms with Crippen LogP contribution in [0, 0.1) is 6.92 Å². The third-order valence-electron chi connectivity index (χ3n) is 3.86. The molecular weight excluding hydrogens is 224 g/mol. The van der Waals surface area contributed by atoms with Gasteiger partial charge in [-0.2, -0.15) is 0 Å². The maximum atomic E-state index is 5.81. The molecule has 1 saturated heterocycles. The lowest BCUT2D eigenvalue weighted by Crippen LogP contribution is -2.34. The van der Waals surface area contributed by atoms with E-state index in [0.717, 1.165) is 31.0 Å². The smallest absolute Gasteiger partial charge is 0.139 e. The number of hydrogen-bond donors (Lipinski definition) is 1. The molecule has 4 nitrogen and oxygen atoms in total. The molecule has 1 aliphatic heterocycles. The average Bonchev–Trinajstić information content (AvgIpc) is 2.96. The Balaban J connectivity index is 1.84. The Kier molecular flexibility index (Phi) is 3.06. The highest BCUT2D eigenvalue weighted by Gasteiger charge is 2.23. The van der Waals surface area contributed by atoms with Crippen molar-refractivity contribution in [3.8, 4) is 0 Å². The molecule has 0 bridgehead atoms. The van der Waals surface area contributed by atoms with Gasteiger partial charge in [0.2, 0.25) is 0 Å². The molecule has 1 aliphatic rings. The van der Waals surface area contributed by atoms with E-state index in [9.17, 15) is 0 Å². The molecule has 0 radical (unpaired) electrons. The van der Waals surface area contributed by atoms with Gasteiger partial charge in [-0.15, -0.1) is 0 Å². The molecule has 1 fully saturated rings. The van der Waals surface area contributed by atoms with Gasteiger partial charge in [0, 0.05) is 31.5 Å². The van der Waals surface area contributed by atoms with Crippen LogP contribution in [-0.2, 0) is 6.54 Å². The highest BCUT2D eigenvalue weighted by atomic mass is 15.2. The molecule has 3 rings (SSSR count). The molecule has 0 amide bonds. The van der Waals surface area contributed by atoms with Gasteiger partial charge in [0.15, 0.2) is 0 Å². The Morgan fingerprint density at radius 2 is 2.39 bits per heavy atom. The normalized spacial score (nSPS) is 20.9. The molecular formula is C14H20N4. The van der Waals surface area contributed by atoms with Crippen LogP contribution < -0.4 is 5.73 Å². The fraction of sp³-hybridized carbons (Fsp3) is 0.500. The predicted molar refractivity (Wildman–Crippen MR) is 72.4 cm³/mol. The zero-order valence-corrected chi connectivity index (χ0v) is 10.8. The SMILES string of the molecule is Cc1cccn2cc(CN3CCCC3CN)nc12. The summed E-state index contributed by atoms with van der Waals surface area (Å²) in [5.41, 5.74) is 9.24. The van der Waals surface area contributed by atoms with Crippen molar-refractivity contribution in [1.82, 2.24) is 14.3 Å². The number of nitrogens with two attached hydrogens (primary N) is 1. The lowest BCUT2D eigenvalue weighted by atomic mass is 10.2. The van der Waals surface area contributed by atoms with E-state index in [2.05, 4.69) is 40.8 Å². The molecule has 18 heavy (non-hydrogen) atoms. The molecule has 0 spiro atoms. The van der Waals surface area contributed by atoms with Crippen molar-refractivity contribution in [3.05, 3.63) is 35.8 Å². The summed E-state index contributed by atoms with van der Waals surface area (Å²) >= 11 is 0. The van der Waals surface area contributed by atoms with Crippen LogP contribution >= 0.6 is 0 Å². The lowest BCUT2D eigenvalue weighted by molar-refractivity contribution is 0.248. The molecule has 96 valence electrons. The number of aromatic nitrogens is 2. The van der Waals surface area contributed by atoms with Crippen molar-refractivity contribution in [2.45, 2.75) is 32.4 Å². The second-order valence-corrected chi connectivity index (χ2v) is 5.16. The maximum Gasteiger partial charge on any atom is 0.139 e. The van der Waals surface area contributed by atoms with E-state index in [-0.39, 0.29) is 0 Å². The second-order valence-electron chi connectivity index (χ2n) is 5.16. The Morgan fingerprint density at radius 1 is 1.50 bits per heavy atom. The van der Waals surface area contributed by atoms with Gasteiger partial charge in [-0.05, 0) is 37.9 Å². The number of nitrogens with zero attached hydrogens (tertiary/aromatic N) is 3. The largest absolute Gasteiger partial charge is 0.329 e. The standard InChI is InChI=1S/C14H20N4/c1-11-4-2-7-18-10-12(16-14(11)18)9-17-6-3-5-13(17)8-15/h2,4,7,10,13H,3,5-6,8-9,15H2,1H3. The van der Waals surface area contributed by atoms with E-state index in [4.69, 9.17) is 10.7 Å². The van der Waals surface area contributed by atoms with Crippen molar-refractivity contribution in [2.75, 3.05) is 13.1 Å². The van der Waals surface area contributed by atoms with Crippen molar-refractivity contribution in [2.24, 2.45) is 5.73 Å². The van der Waals surface area contributed by atoms with Crippen molar-refractivity contribution >= 4 is 5.65 Å². The minimum absolute atomic E-state index is 0.538. The van der Waals surface area contributed by atoms with Crippen molar-refractivity contribution in [3.63, 3.8) is 0 Å². The highest BCUT2D eigenvalue weighted by molar-refractivity contribution is 5.47. The number of aryl methyl sites for hydroxylation is 1. The van der Waals surface area contributed by atoms with E-state index in [1.165, 1.54) is 18.4 Å². The number of rotatable bonds is 3. The summed E-state index contributed by atoms with van der Waals surface area (Å²) in [6.45, 7) is 4.93. The van der Waals surface area contributed by atoms with Crippen LogP contribution in [0.5, 0.6) is 0 Å². The van der Waals surface area contributed by atoms with Crippen LogP contribution in [0.1, 0.15) is 24.1 Å². The van der Waals surface area contributed by atoms with E-state index in [1.807, 2.05) is 0 Å². The van der Waals surface area contributed by atoms with Crippen LogP contribution in [-0.4, -0.2) is 33.4 Å². The lowest BCUT2D eigenvalue weighted by Gasteiger charge is -2.21. The minimum atomic E-state index is 0.538. The molecule has 0 aromatic carbocycles. The van der Waals surface area contributed by atoms with Gasteiger partial charge < -0.3 is 10.1 Å². The summed E-state index contributed by atoms with van der Waals surface area (Å²) in [5, 5.41) is 0. The molecule has 3 heterocycles. The van der Waals surface area contributed by atoms with Crippen LogP contribution in [0.15, 0.2) is 24.5 Å². The number of fused-ring (bicyclic) bond motifs is 1. The quantitative estimate of drug-likeness (QED) is 0.891. The fourth-order valence-electron chi connectivity index (χ4n) is 2.86. The molecule has 2 aromatic rings. The van der Waals surface area contributed by atoms with Gasteiger partial charge in [0.25, 0.3) is 0 Å². The Morgan fingerprint density at radius 3 is 3.17 bits per heavy atom. The van der Waals surface area contributed by atoms with Gasteiger partial charge in [-0.1, -0.05) is 6.07 Å². The summed E-state index contributed by atoms with van der Waals surface area (Å²) in [5.74, 6) is 0. The van der Waals surface area contributed by atoms with E-state index in [1.54, 1.807) is 0 Å². The van der Waals surface area contributed by atoms with Gasteiger partial charge in [0.05, 0.1) is 5.69 Å². The number of pyridine rings is 1. The number of imidazole rings is 1. The zero-order chi connectivity index (χ0) is 12.5. The molecule has 0 aliphatic carbocycles. The van der Waals surface area contributed by atoms with Crippen LogP contribution in [0.25, 0.3) is 5.65 Å². The molecule has 2 aromatic heterocycles. The molecule has 1 atom stereocenters.